The molecule has 3 aromatic rings. The molecule has 1 N–H and O–H groups in total. The van der Waals surface area contributed by atoms with E-state index in [1.807, 2.05) is 48.0 Å². The second kappa shape index (κ2) is 9.53. The van der Waals surface area contributed by atoms with Crippen molar-refractivity contribution in [2.45, 2.75) is 36.9 Å². The van der Waals surface area contributed by atoms with E-state index in [2.05, 4.69) is 15.5 Å². The molecule has 0 saturated heterocycles. The van der Waals surface area contributed by atoms with E-state index in [0.29, 0.717) is 22.0 Å². The van der Waals surface area contributed by atoms with Gasteiger partial charge in [0, 0.05) is 12.6 Å². The Morgan fingerprint density at radius 3 is 2.63 bits per heavy atom. The van der Waals surface area contributed by atoms with Gasteiger partial charge in [-0.2, -0.15) is 0 Å². The highest BCUT2D eigenvalue weighted by molar-refractivity contribution is 7.99. The fourth-order valence-electron chi connectivity index (χ4n) is 3.45. The van der Waals surface area contributed by atoms with Crippen LogP contribution in [0.1, 0.15) is 25.7 Å². The summed E-state index contributed by atoms with van der Waals surface area (Å²) in [6, 6.07) is 15.1. The highest BCUT2D eigenvalue weighted by Crippen LogP contribution is 2.28. The zero-order chi connectivity index (χ0) is 20.9. The van der Waals surface area contributed by atoms with Crippen LogP contribution in [0.4, 0.5) is 5.69 Å². The Balaban J connectivity index is 1.36. The highest BCUT2D eigenvalue weighted by Gasteiger charge is 2.17. The number of nitrogens with zero attached hydrogens (tertiary/aromatic N) is 3. The molecule has 0 bridgehead atoms. The molecule has 30 heavy (non-hydrogen) atoms. The van der Waals surface area contributed by atoms with E-state index in [1.54, 1.807) is 12.1 Å². The van der Waals surface area contributed by atoms with E-state index in [0.717, 1.165) is 30.0 Å². The van der Waals surface area contributed by atoms with Crippen molar-refractivity contribution in [2.75, 3.05) is 11.1 Å². The van der Waals surface area contributed by atoms with Crippen LogP contribution in [0, 0.1) is 0 Å². The van der Waals surface area contributed by atoms with Crippen LogP contribution in [0.25, 0.3) is 11.4 Å². The number of para-hydroxylation sites is 1. The summed E-state index contributed by atoms with van der Waals surface area (Å²) >= 11 is 7.41. The molecule has 1 fully saturated rings. The topological polar surface area (TPSA) is 69.0 Å². The van der Waals surface area contributed by atoms with Gasteiger partial charge in [0.05, 0.1) is 22.6 Å². The molecule has 156 valence electrons. The molecule has 4 rings (SSSR count). The molecule has 0 radical (unpaired) electrons. The van der Waals surface area contributed by atoms with Crippen LogP contribution in [0.2, 0.25) is 5.02 Å². The second-order valence-electron chi connectivity index (χ2n) is 7.23. The first-order valence-electron chi connectivity index (χ1n) is 9.94. The molecule has 6 nitrogen and oxygen atoms in total. The fraction of sp³-hybridized carbons (Fsp3) is 0.318. The molecular formula is C22H23ClN4O2S. The van der Waals surface area contributed by atoms with Crippen molar-refractivity contribution in [3.05, 3.63) is 53.6 Å². The lowest BCUT2D eigenvalue weighted by Gasteiger charge is -2.13. The lowest BCUT2D eigenvalue weighted by Crippen LogP contribution is -2.14. The molecule has 1 amide bonds. The van der Waals surface area contributed by atoms with E-state index < -0.39 is 0 Å². The summed E-state index contributed by atoms with van der Waals surface area (Å²) in [6.45, 7) is 0. The molecule has 8 heteroatoms. The van der Waals surface area contributed by atoms with Crippen molar-refractivity contribution in [3.8, 4) is 17.1 Å². The van der Waals surface area contributed by atoms with Gasteiger partial charge < -0.3 is 14.6 Å². The minimum absolute atomic E-state index is 0.147. The summed E-state index contributed by atoms with van der Waals surface area (Å²) in [5, 5.41) is 12.5. The third-order valence-electron chi connectivity index (χ3n) is 5.03. The van der Waals surface area contributed by atoms with E-state index in [-0.39, 0.29) is 11.7 Å². The average Bonchev–Trinajstić information content (AvgIpc) is 3.39. The van der Waals surface area contributed by atoms with Crippen LogP contribution in [-0.4, -0.2) is 32.5 Å². The van der Waals surface area contributed by atoms with Gasteiger partial charge in [-0.1, -0.05) is 35.5 Å². The standard InChI is InChI=1S/C22H23ClN4O2S/c1-27-21(15-10-12-17(13-11-15)29-16-6-2-3-7-16)25-26-22(27)30-14-20(28)24-19-9-5-4-8-18(19)23/h4-5,8-13,16H,2-3,6-7,14H2,1H3,(H,24,28). The van der Waals surface area contributed by atoms with Crippen molar-refractivity contribution in [1.82, 2.24) is 14.8 Å². The maximum Gasteiger partial charge on any atom is 0.234 e. The predicted molar refractivity (Wildman–Crippen MR) is 120 cm³/mol. The van der Waals surface area contributed by atoms with Crippen molar-refractivity contribution < 1.29 is 9.53 Å². The number of rotatable bonds is 7. The first-order chi connectivity index (χ1) is 14.6. The Hall–Kier alpha value is -2.51. The first kappa shape index (κ1) is 20.8. The maximum absolute atomic E-state index is 12.2. The third-order valence-corrected chi connectivity index (χ3v) is 6.38. The average molecular weight is 443 g/mol. The second-order valence-corrected chi connectivity index (χ2v) is 8.58. The number of amides is 1. The van der Waals surface area contributed by atoms with Gasteiger partial charge in [0.25, 0.3) is 0 Å². The number of hydrogen-bond acceptors (Lipinski definition) is 5. The zero-order valence-corrected chi connectivity index (χ0v) is 18.2. The highest BCUT2D eigenvalue weighted by atomic mass is 35.5. The number of halogens is 1. The monoisotopic (exact) mass is 442 g/mol. The van der Waals surface area contributed by atoms with Crippen LogP contribution in [0.3, 0.4) is 0 Å². The Morgan fingerprint density at radius 2 is 1.90 bits per heavy atom. The van der Waals surface area contributed by atoms with E-state index >= 15 is 0 Å². The van der Waals surface area contributed by atoms with Crippen molar-refractivity contribution in [1.29, 1.82) is 0 Å². The normalized spacial score (nSPS) is 14.1. The lowest BCUT2D eigenvalue weighted by atomic mass is 10.2. The Kier molecular flexibility index (Phi) is 6.59. The fourth-order valence-corrected chi connectivity index (χ4v) is 4.35. The number of hydrogen-bond donors (Lipinski definition) is 1. The van der Waals surface area contributed by atoms with Gasteiger partial charge in [-0.15, -0.1) is 10.2 Å². The number of thioether (sulfide) groups is 1. The summed E-state index contributed by atoms with van der Waals surface area (Å²) in [5.41, 5.74) is 1.56. The van der Waals surface area contributed by atoms with Gasteiger partial charge in [0.1, 0.15) is 5.75 Å². The SMILES string of the molecule is Cn1c(SCC(=O)Nc2ccccc2Cl)nnc1-c1ccc(OC2CCCC2)cc1. The quantitative estimate of drug-likeness (QED) is 0.510. The van der Waals surface area contributed by atoms with Gasteiger partial charge in [-0.25, -0.2) is 0 Å². The number of carbonyl (C=O) groups is 1. The van der Waals surface area contributed by atoms with Crippen LogP contribution in [-0.2, 0) is 11.8 Å². The third kappa shape index (κ3) is 4.96. The molecular weight excluding hydrogens is 420 g/mol. The van der Waals surface area contributed by atoms with E-state index in [9.17, 15) is 4.79 Å². The summed E-state index contributed by atoms with van der Waals surface area (Å²) in [7, 11) is 1.90. The van der Waals surface area contributed by atoms with Crippen LogP contribution in [0.5, 0.6) is 5.75 Å². The molecule has 1 aliphatic carbocycles. The summed E-state index contributed by atoms with van der Waals surface area (Å²) in [4.78, 5) is 12.2. The van der Waals surface area contributed by atoms with Crippen molar-refractivity contribution in [2.24, 2.45) is 7.05 Å². The van der Waals surface area contributed by atoms with Crippen LogP contribution < -0.4 is 10.1 Å². The van der Waals surface area contributed by atoms with E-state index in [1.165, 1.54) is 24.6 Å². The van der Waals surface area contributed by atoms with Gasteiger partial charge in [0.2, 0.25) is 5.91 Å². The number of anilines is 1. The van der Waals surface area contributed by atoms with Crippen molar-refractivity contribution >= 4 is 35.0 Å². The smallest absolute Gasteiger partial charge is 0.234 e. The predicted octanol–water partition coefficient (Wildman–Crippen LogP) is 5.19. The maximum atomic E-state index is 12.2. The van der Waals surface area contributed by atoms with Gasteiger partial charge in [-0.05, 0) is 62.1 Å². The largest absolute Gasteiger partial charge is 0.490 e. The van der Waals surface area contributed by atoms with Crippen LogP contribution >= 0.6 is 23.4 Å². The molecule has 0 spiro atoms. The Labute approximate surface area is 185 Å². The molecule has 1 saturated carbocycles. The number of ether oxygens (including phenoxy) is 1. The molecule has 0 unspecified atom stereocenters. The number of benzene rings is 2. The van der Waals surface area contributed by atoms with Gasteiger partial charge >= 0.3 is 0 Å². The number of nitrogens with one attached hydrogen (secondary N) is 1. The minimum atomic E-state index is -0.147. The summed E-state index contributed by atoms with van der Waals surface area (Å²) in [5.74, 6) is 1.70. The van der Waals surface area contributed by atoms with Crippen LogP contribution in [0.15, 0.2) is 53.7 Å². The van der Waals surface area contributed by atoms with E-state index in [4.69, 9.17) is 16.3 Å². The summed E-state index contributed by atoms with van der Waals surface area (Å²) in [6.07, 6.45) is 5.10. The van der Waals surface area contributed by atoms with Gasteiger partial charge in [-0.3, -0.25) is 4.79 Å². The number of aromatic nitrogens is 3. The molecule has 1 aliphatic rings. The molecule has 0 aliphatic heterocycles. The minimum Gasteiger partial charge on any atom is -0.490 e. The molecule has 0 atom stereocenters. The Bertz CT molecular complexity index is 1020. The molecule has 2 aromatic carbocycles. The van der Waals surface area contributed by atoms with Gasteiger partial charge in [0.15, 0.2) is 11.0 Å². The summed E-state index contributed by atoms with van der Waals surface area (Å²) < 4.78 is 7.91. The number of carbonyl (C=O) groups excluding carboxylic acids is 1. The van der Waals surface area contributed by atoms with Crippen molar-refractivity contribution in [3.63, 3.8) is 0 Å². The first-order valence-corrected chi connectivity index (χ1v) is 11.3. The lowest BCUT2D eigenvalue weighted by molar-refractivity contribution is -0.113. The molecule has 1 heterocycles. The zero-order valence-electron chi connectivity index (χ0n) is 16.7. The molecule has 1 aromatic heterocycles. The Morgan fingerprint density at radius 1 is 1.17 bits per heavy atom.